The van der Waals surface area contributed by atoms with Gasteiger partial charge in [0.25, 0.3) is 5.56 Å². The first kappa shape index (κ1) is 28.5. The number of benzene rings is 3. The van der Waals surface area contributed by atoms with E-state index in [1.165, 1.54) is 0 Å². The number of hydrogen-bond donors (Lipinski definition) is 1. The van der Waals surface area contributed by atoms with Gasteiger partial charge in [0, 0.05) is 12.2 Å². The first-order valence-electron chi connectivity index (χ1n) is 13.0. The van der Waals surface area contributed by atoms with E-state index in [0.29, 0.717) is 63.0 Å². The summed E-state index contributed by atoms with van der Waals surface area (Å²) in [4.78, 5) is 34.1. The van der Waals surface area contributed by atoms with Crippen LogP contribution in [-0.2, 0) is 0 Å². The third kappa shape index (κ3) is 6.54. The van der Waals surface area contributed by atoms with Crippen LogP contribution in [0.25, 0.3) is 16.6 Å². The predicted molar refractivity (Wildman–Crippen MR) is 159 cm³/mol. The zero-order valence-corrected chi connectivity index (χ0v) is 24.0. The number of halogens is 2. The van der Waals surface area contributed by atoms with E-state index < -0.39 is 6.04 Å². The van der Waals surface area contributed by atoms with E-state index in [4.69, 9.17) is 32.9 Å². The normalized spacial score (nSPS) is 12.0. The number of rotatable bonds is 9. The van der Waals surface area contributed by atoms with Crippen LogP contribution in [0.1, 0.15) is 46.0 Å². The Kier molecular flexibility index (Phi) is 9.15. The fourth-order valence-corrected chi connectivity index (χ4v) is 4.61. The fraction of sp³-hybridized carbons (Fsp3) is 0.300. The van der Waals surface area contributed by atoms with E-state index in [2.05, 4.69) is 19.2 Å². The molecule has 1 unspecified atom stereocenters. The van der Waals surface area contributed by atoms with E-state index in [1.54, 1.807) is 33.7 Å². The maximum Gasteiger partial charge on any atom is 0.322 e. The Morgan fingerprint density at radius 3 is 2.41 bits per heavy atom. The van der Waals surface area contributed by atoms with E-state index >= 15 is 0 Å². The largest absolute Gasteiger partial charge is 0.494 e. The number of anilines is 1. The van der Waals surface area contributed by atoms with Crippen molar-refractivity contribution in [2.45, 2.75) is 40.2 Å². The first-order chi connectivity index (χ1) is 18.7. The highest BCUT2D eigenvalue weighted by molar-refractivity contribution is 6.42. The molecule has 2 amide bonds. The molecule has 3 aromatic carbocycles. The summed E-state index contributed by atoms with van der Waals surface area (Å²) in [6.45, 7) is 9.00. The smallest absolute Gasteiger partial charge is 0.322 e. The van der Waals surface area contributed by atoms with Crippen molar-refractivity contribution in [3.05, 3.63) is 93.0 Å². The second-order valence-electron chi connectivity index (χ2n) is 9.67. The molecule has 0 saturated carbocycles. The van der Waals surface area contributed by atoms with Crippen molar-refractivity contribution in [3.63, 3.8) is 0 Å². The van der Waals surface area contributed by atoms with Crippen molar-refractivity contribution in [1.29, 1.82) is 0 Å². The van der Waals surface area contributed by atoms with Gasteiger partial charge in [-0.05, 0) is 80.8 Å². The second-order valence-corrected chi connectivity index (χ2v) is 10.5. The molecule has 0 radical (unpaired) electrons. The van der Waals surface area contributed by atoms with Gasteiger partial charge in [-0.15, -0.1) is 0 Å². The lowest BCUT2D eigenvalue weighted by Gasteiger charge is -2.31. The molecule has 39 heavy (non-hydrogen) atoms. The van der Waals surface area contributed by atoms with Crippen molar-refractivity contribution >= 4 is 45.8 Å². The Bertz CT molecular complexity index is 1520. The number of nitrogens with zero attached hydrogens (tertiary/aromatic N) is 3. The average Bonchev–Trinajstić information content (AvgIpc) is 2.91. The van der Waals surface area contributed by atoms with Crippen LogP contribution < -0.4 is 15.6 Å². The predicted octanol–water partition coefficient (Wildman–Crippen LogP) is 7.73. The molecule has 9 heteroatoms. The molecule has 0 aliphatic heterocycles. The van der Waals surface area contributed by atoms with Gasteiger partial charge in [0.15, 0.2) is 0 Å². The Morgan fingerprint density at radius 1 is 1.03 bits per heavy atom. The Morgan fingerprint density at radius 2 is 1.74 bits per heavy atom. The number of carbonyl (C=O) groups is 1. The van der Waals surface area contributed by atoms with Gasteiger partial charge >= 0.3 is 6.03 Å². The minimum absolute atomic E-state index is 0.208. The molecule has 4 rings (SSSR count). The molecular formula is C30H32Cl2N4O3. The van der Waals surface area contributed by atoms with Crippen LogP contribution in [0.4, 0.5) is 10.5 Å². The third-order valence-electron chi connectivity index (χ3n) is 6.43. The van der Waals surface area contributed by atoms with Crippen molar-refractivity contribution < 1.29 is 9.53 Å². The zero-order valence-electron chi connectivity index (χ0n) is 22.4. The summed E-state index contributed by atoms with van der Waals surface area (Å²) in [6.07, 6.45) is 0.764. The molecule has 0 aliphatic rings. The van der Waals surface area contributed by atoms with Crippen LogP contribution in [0, 0.1) is 5.92 Å². The number of urea groups is 1. The van der Waals surface area contributed by atoms with Gasteiger partial charge in [-0.1, -0.05) is 49.2 Å². The Labute approximate surface area is 238 Å². The average molecular weight is 568 g/mol. The van der Waals surface area contributed by atoms with Crippen molar-refractivity contribution in [3.8, 4) is 11.4 Å². The zero-order chi connectivity index (χ0) is 28.1. The summed E-state index contributed by atoms with van der Waals surface area (Å²) in [5.74, 6) is 1.52. The number of hydrogen-bond acceptors (Lipinski definition) is 4. The lowest BCUT2D eigenvalue weighted by molar-refractivity contribution is 0.185. The van der Waals surface area contributed by atoms with Crippen LogP contribution in [0.2, 0.25) is 10.0 Å². The lowest BCUT2D eigenvalue weighted by atomic mass is 10.1. The van der Waals surface area contributed by atoms with Crippen molar-refractivity contribution in [1.82, 2.24) is 14.5 Å². The summed E-state index contributed by atoms with van der Waals surface area (Å²) in [5.41, 5.74) is 1.52. The highest BCUT2D eigenvalue weighted by Gasteiger charge is 2.27. The minimum atomic E-state index is -0.546. The lowest BCUT2D eigenvalue weighted by Crippen LogP contribution is -2.40. The molecular weight excluding hydrogens is 535 g/mol. The number of aromatic nitrogens is 2. The molecule has 1 heterocycles. The first-order valence-corrected chi connectivity index (χ1v) is 13.7. The Balaban J connectivity index is 1.81. The topological polar surface area (TPSA) is 76.5 Å². The summed E-state index contributed by atoms with van der Waals surface area (Å²) in [5, 5.41) is 4.17. The number of fused-ring (bicyclic) bond motifs is 1. The summed E-state index contributed by atoms with van der Waals surface area (Å²) in [6, 6.07) is 18.6. The molecule has 0 fully saturated rings. The van der Waals surface area contributed by atoms with Gasteiger partial charge in [0.05, 0.1) is 39.3 Å². The maximum absolute atomic E-state index is 13.8. The summed E-state index contributed by atoms with van der Waals surface area (Å²) >= 11 is 12.2. The molecule has 4 aromatic rings. The molecule has 0 bridgehead atoms. The molecule has 0 aliphatic carbocycles. The second kappa shape index (κ2) is 12.5. The van der Waals surface area contributed by atoms with Crippen LogP contribution in [-0.4, -0.2) is 33.6 Å². The number of amides is 2. The van der Waals surface area contributed by atoms with Crippen molar-refractivity contribution in [2.75, 3.05) is 18.5 Å². The molecule has 1 aromatic heterocycles. The highest BCUT2D eigenvalue weighted by atomic mass is 35.5. The number of para-hydroxylation sites is 1. The summed E-state index contributed by atoms with van der Waals surface area (Å²) < 4.78 is 7.17. The van der Waals surface area contributed by atoms with Crippen LogP contribution in [0.15, 0.2) is 71.5 Å². The van der Waals surface area contributed by atoms with E-state index in [1.807, 2.05) is 56.3 Å². The van der Waals surface area contributed by atoms with Crippen LogP contribution >= 0.6 is 23.2 Å². The highest BCUT2D eigenvalue weighted by Crippen LogP contribution is 2.28. The van der Waals surface area contributed by atoms with Gasteiger partial charge in [-0.2, -0.15) is 0 Å². The molecule has 204 valence electrons. The number of ether oxygens (including phenoxy) is 1. The minimum Gasteiger partial charge on any atom is -0.494 e. The molecule has 0 spiro atoms. The van der Waals surface area contributed by atoms with Crippen LogP contribution in [0.5, 0.6) is 5.75 Å². The molecule has 7 nitrogen and oxygen atoms in total. The number of nitrogens with one attached hydrogen (secondary N) is 1. The van der Waals surface area contributed by atoms with Gasteiger partial charge in [-0.3, -0.25) is 9.36 Å². The van der Waals surface area contributed by atoms with Crippen molar-refractivity contribution in [2.24, 2.45) is 5.92 Å². The van der Waals surface area contributed by atoms with Gasteiger partial charge in [0.1, 0.15) is 11.6 Å². The van der Waals surface area contributed by atoms with Crippen LogP contribution in [0.3, 0.4) is 0 Å². The monoisotopic (exact) mass is 566 g/mol. The molecule has 1 N–H and O–H groups in total. The third-order valence-corrected chi connectivity index (χ3v) is 7.17. The molecule has 0 saturated heterocycles. The number of carbonyl (C=O) groups excluding carboxylic acids is 1. The standard InChI is InChI=1S/C30H32Cl2N4O3/c1-5-39-23-13-11-22(12-14-23)36-28(34-27-9-7-6-8-24(27)29(36)37)20(4)35(17-16-19(2)3)30(38)33-21-10-15-25(31)26(32)18-21/h6-15,18-20H,5,16-17H2,1-4H3,(H,33,38). The van der Waals surface area contributed by atoms with E-state index in [-0.39, 0.29) is 11.6 Å². The maximum atomic E-state index is 13.8. The van der Waals surface area contributed by atoms with Gasteiger partial charge in [-0.25, -0.2) is 9.78 Å². The molecule has 1 atom stereocenters. The van der Waals surface area contributed by atoms with Gasteiger partial charge in [0.2, 0.25) is 0 Å². The fourth-order valence-electron chi connectivity index (χ4n) is 4.31. The summed E-state index contributed by atoms with van der Waals surface area (Å²) in [7, 11) is 0. The van der Waals surface area contributed by atoms with Gasteiger partial charge < -0.3 is 15.0 Å². The quantitative estimate of drug-likeness (QED) is 0.225. The Hall–Kier alpha value is -3.55. The van der Waals surface area contributed by atoms with E-state index in [9.17, 15) is 9.59 Å². The van der Waals surface area contributed by atoms with E-state index in [0.717, 1.165) is 6.42 Å². The SMILES string of the molecule is CCOc1ccc(-n2c(C(C)N(CCC(C)C)C(=O)Nc3ccc(Cl)c(Cl)c3)nc3ccccc3c2=O)cc1.